The van der Waals surface area contributed by atoms with Gasteiger partial charge in [0, 0.05) is 29.3 Å². The molecule has 30 heavy (non-hydrogen) atoms. The van der Waals surface area contributed by atoms with Crippen LogP contribution in [0.3, 0.4) is 0 Å². The second-order valence-corrected chi connectivity index (χ2v) is 7.10. The molecule has 3 aromatic rings. The van der Waals surface area contributed by atoms with Crippen molar-refractivity contribution in [3.05, 3.63) is 30.4 Å². The van der Waals surface area contributed by atoms with E-state index in [-0.39, 0.29) is 34.8 Å². The molecule has 0 radical (unpaired) electrons. The lowest BCUT2D eigenvalue weighted by atomic mass is 10.2. The topological polar surface area (TPSA) is 144 Å². The van der Waals surface area contributed by atoms with Crippen LogP contribution in [0.15, 0.2) is 24.7 Å². The summed E-state index contributed by atoms with van der Waals surface area (Å²) in [6.45, 7) is -2.73. The summed E-state index contributed by atoms with van der Waals surface area (Å²) in [5.74, 6) is -0.642. The lowest BCUT2D eigenvalue weighted by molar-refractivity contribution is -0.117. The lowest BCUT2D eigenvalue weighted by Gasteiger charge is -2.15. The number of carbonyl (C=O) groups excluding carboxylic acids is 2. The average Bonchev–Trinajstić information content (AvgIpc) is 3.47. The standard InChI is InChI=1S/C18H18N8O3S/c1-19-17(28)13-11(7-12(25-26-13)24-16(27)9-3-4-9)23-15-14(29-2)10(5-6-20-15)18-21-8-22-30-18/h5-9H,3-4H2,1-2H3,(H,19,28)(H2,20,23,24,25,27)/i1D3. The van der Waals surface area contributed by atoms with E-state index >= 15 is 0 Å². The normalized spacial score (nSPS) is 14.8. The summed E-state index contributed by atoms with van der Waals surface area (Å²) >= 11 is 1.16. The fraction of sp³-hybridized carbons (Fsp3) is 0.278. The first-order valence-electron chi connectivity index (χ1n) is 10.3. The molecule has 0 unspecified atom stereocenters. The number of aromatic nitrogens is 5. The third-order valence-electron chi connectivity index (χ3n) is 4.28. The van der Waals surface area contributed by atoms with E-state index in [0.717, 1.165) is 24.4 Å². The third kappa shape index (κ3) is 4.03. The van der Waals surface area contributed by atoms with Crippen molar-refractivity contribution in [1.29, 1.82) is 0 Å². The van der Waals surface area contributed by atoms with E-state index in [0.29, 0.717) is 16.3 Å². The maximum atomic E-state index is 12.6. The first-order valence-corrected chi connectivity index (χ1v) is 9.60. The summed E-state index contributed by atoms with van der Waals surface area (Å²) in [4.78, 5) is 33.1. The fourth-order valence-electron chi connectivity index (χ4n) is 2.68. The van der Waals surface area contributed by atoms with Gasteiger partial charge in [0.2, 0.25) is 5.91 Å². The molecule has 3 heterocycles. The van der Waals surface area contributed by atoms with Crippen LogP contribution < -0.4 is 20.7 Å². The summed E-state index contributed by atoms with van der Waals surface area (Å²) in [5, 5.41) is 15.7. The molecule has 3 N–H and O–H groups in total. The summed E-state index contributed by atoms with van der Waals surface area (Å²) in [7, 11) is 1.45. The molecule has 0 aliphatic heterocycles. The Hall–Kier alpha value is -3.67. The monoisotopic (exact) mass is 429 g/mol. The van der Waals surface area contributed by atoms with Gasteiger partial charge in [0.05, 0.1) is 18.4 Å². The minimum Gasteiger partial charge on any atom is -0.492 e. The number of anilines is 3. The van der Waals surface area contributed by atoms with Gasteiger partial charge >= 0.3 is 0 Å². The predicted molar refractivity (Wildman–Crippen MR) is 110 cm³/mol. The Morgan fingerprint density at radius 1 is 1.30 bits per heavy atom. The van der Waals surface area contributed by atoms with Crippen molar-refractivity contribution in [3.63, 3.8) is 0 Å². The Labute approximate surface area is 179 Å². The second-order valence-electron chi connectivity index (χ2n) is 6.32. The van der Waals surface area contributed by atoms with Gasteiger partial charge in [-0.15, -0.1) is 10.2 Å². The molecule has 0 atom stereocenters. The van der Waals surface area contributed by atoms with Gasteiger partial charge in [0.1, 0.15) is 11.3 Å². The molecule has 4 rings (SSSR count). The maximum Gasteiger partial charge on any atom is 0.273 e. The van der Waals surface area contributed by atoms with E-state index in [2.05, 4.69) is 35.2 Å². The van der Waals surface area contributed by atoms with Crippen molar-refractivity contribution in [3.8, 4) is 16.3 Å². The molecule has 11 nitrogen and oxygen atoms in total. The van der Waals surface area contributed by atoms with E-state index in [1.807, 2.05) is 5.32 Å². The second kappa shape index (κ2) is 8.37. The van der Waals surface area contributed by atoms with Crippen molar-refractivity contribution in [2.45, 2.75) is 12.8 Å². The highest BCUT2D eigenvalue weighted by atomic mass is 32.1. The van der Waals surface area contributed by atoms with E-state index in [1.54, 1.807) is 6.07 Å². The Kier molecular flexibility index (Phi) is 4.51. The molecule has 0 spiro atoms. The van der Waals surface area contributed by atoms with E-state index in [9.17, 15) is 9.59 Å². The van der Waals surface area contributed by atoms with Crippen LogP contribution in [0.4, 0.5) is 17.3 Å². The van der Waals surface area contributed by atoms with Crippen LogP contribution in [0.1, 0.15) is 27.4 Å². The molecule has 1 saturated carbocycles. The van der Waals surface area contributed by atoms with Crippen molar-refractivity contribution in [2.75, 3.05) is 24.7 Å². The minimum absolute atomic E-state index is 0.0676. The number of rotatable bonds is 7. The van der Waals surface area contributed by atoms with Crippen molar-refractivity contribution < 1.29 is 18.4 Å². The number of carbonyl (C=O) groups is 2. The highest BCUT2D eigenvalue weighted by Crippen LogP contribution is 2.37. The molecule has 0 saturated heterocycles. The zero-order chi connectivity index (χ0) is 23.6. The van der Waals surface area contributed by atoms with Crippen LogP contribution in [0, 0.1) is 5.92 Å². The van der Waals surface area contributed by atoms with Crippen molar-refractivity contribution >= 4 is 40.7 Å². The van der Waals surface area contributed by atoms with Gasteiger partial charge in [0.15, 0.2) is 23.1 Å². The number of ether oxygens (including phenoxy) is 1. The van der Waals surface area contributed by atoms with Crippen LogP contribution in [0.2, 0.25) is 0 Å². The Morgan fingerprint density at radius 2 is 2.17 bits per heavy atom. The molecule has 154 valence electrons. The van der Waals surface area contributed by atoms with Gasteiger partial charge < -0.3 is 20.7 Å². The molecule has 0 aromatic carbocycles. The first kappa shape index (κ1) is 16.2. The Morgan fingerprint density at radius 3 is 2.87 bits per heavy atom. The highest BCUT2D eigenvalue weighted by Gasteiger charge is 2.30. The van der Waals surface area contributed by atoms with Gasteiger partial charge in [-0.3, -0.25) is 9.59 Å². The van der Waals surface area contributed by atoms with E-state index in [4.69, 9.17) is 8.85 Å². The highest BCUT2D eigenvalue weighted by molar-refractivity contribution is 7.09. The quantitative estimate of drug-likeness (QED) is 0.512. The molecule has 0 bridgehead atoms. The number of nitrogens with one attached hydrogen (secondary N) is 3. The van der Waals surface area contributed by atoms with Crippen molar-refractivity contribution in [1.82, 2.24) is 29.9 Å². The largest absolute Gasteiger partial charge is 0.492 e. The molecule has 12 heteroatoms. The lowest BCUT2D eigenvalue weighted by Crippen LogP contribution is -2.22. The predicted octanol–water partition coefficient (Wildman–Crippen LogP) is 1.85. The van der Waals surface area contributed by atoms with Crippen LogP contribution in [-0.4, -0.2) is 50.4 Å². The third-order valence-corrected chi connectivity index (χ3v) is 4.97. The summed E-state index contributed by atoms with van der Waals surface area (Å²) in [6, 6.07) is 3.07. The molecular formula is C18H18N8O3S. The molecule has 1 fully saturated rings. The average molecular weight is 429 g/mol. The molecule has 3 aromatic heterocycles. The number of methoxy groups -OCH3 is 1. The smallest absolute Gasteiger partial charge is 0.273 e. The van der Waals surface area contributed by atoms with Gasteiger partial charge in [-0.25, -0.2) is 9.97 Å². The molecular weight excluding hydrogens is 408 g/mol. The Bertz CT molecular complexity index is 1190. The first-order chi connectivity index (χ1) is 15.7. The van der Waals surface area contributed by atoms with Crippen LogP contribution >= 0.6 is 11.5 Å². The molecule has 2 amide bonds. The van der Waals surface area contributed by atoms with E-state index in [1.165, 1.54) is 25.7 Å². The summed E-state index contributed by atoms with van der Waals surface area (Å²) in [5.41, 5.74) is 0.369. The fourth-order valence-corrected chi connectivity index (χ4v) is 3.23. The number of nitrogens with zero attached hydrogens (tertiary/aromatic N) is 5. The summed E-state index contributed by atoms with van der Waals surface area (Å²) < 4.78 is 31.4. The molecule has 1 aliphatic rings. The molecule has 1 aliphatic carbocycles. The summed E-state index contributed by atoms with van der Waals surface area (Å²) in [6.07, 6.45) is 4.51. The SMILES string of the molecule is [2H]C([2H])([2H])NC(=O)c1nnc(NC(=O)C2CC2)cc1Nc1nccc(-c2ncns2)c1OC. The number of hydrogen-bond acceptors (Lipinski definition) is 10. The van der Waals surface area contributed by atoms with Gasteiger partial charge in [-0.2, -0.15) is 4.37 Å². The number of amides is 2. The van der Waals surface area contributed by atoms with E-state index < -0.39 is 12.9 Å². The number of hydrogen-bond donors (Lipinski definition) is 3. The van der Waals surface area contributed by atoms with Gasteiger partial charge in [-0.05, 0) is 30.4 Å². The zero-order valence-electron chi connectivity index (χ0n) is 18.7. The van der Waals surface area contributed by atoms with Crippen LogP contribution in [-0.2, 0) is 4.79 Å². The zero-order valence-corrected chi connectivity index (χ0v) is 16.5. The Balaban J connectivity index is 1.72. The van der Waals surface area contributed by atoms with Crippen LogP contribution in [0.5, 0.6) is 5.75 Å². The number of pyridine rings is 1. The minimum atomic E-state index is -2.73. The maximum absolute atomic E-state index is 12.6. The van der Waals surface area contributed by atoms with Crippen molar-refractivity contribution in [2.24, 2.45) is 5.92 Å². The van der Waals surface area contributed by atoms with Gasteiger partial charge in [0.25, 0.3) is 5.91 Å². The van der Waals surface area contributed by atoms with Crippen LogP contribution in [0.25, 0.3) is 10.6 Å². The van der Waals surface area contributed by atoms with Gasteiger partial charge in [-0.1, -0.05) is 0 Å².